The van der Waals surface area contributed by atoms with Crippen molar-refractivity contribution >= 4 is 5.97 Å². The molecule has 0 aliphatic carbocycles. The highest BCUT2D eigenvalue weighted by Crippen LogP contribution is 2.07. The van der Waals surface area contributed by atoms with E-state index >= 15 is 0 Å². The molecule has 1 N–H and O–H groups in total. The second-order valence-electron chi connectivity index (χ2n) is 3.75. The Bertz CT molecular complexity index is 614. The van der Waals surface area contributed by atoms with Crippen LogP contribution in [0.25, 0.3) is 5.69 Å². The van der Waals surface area contributed by atoms with E-state index < -0.39 is 11.5 Å². The van der Waals surface area contributed by atoms with Gasteiger partial charge in [0.25, 0.3) is 5.56 Å². The van der Waals surface area contributed by atoms with Crippen molar-refractivity contribution in [3.05, 3.63) is 64.1 Å². The molecular formula is C13H11NO3. The van der Waals surface area contributed by atoms with Gasteiger partial charge in [-0.25, -0.2) is 4.79 Å². The van der Waals surface area contributed by atoms with Crippen LogP contribution in [0.15, 0.2) is 47.4 Å². The van der Waals surface area contributed by atoms with Crippen LogP contribution in [0.3, 0.4) is 0 Å². The van der Waals surface area contributed by atoms with E-state index in [2.05, 4.69) is 0 Å². The lowest BCUT2D eigenvalue weighted by atomic mass is 10.2. The van der Waals surface area contributed by atoms with Crippen molar-refractivity contribution in [2.75, 3.05) is 0 Å². The zero-order valence-electron chi connectivity index (χ0n) is 9.25. The minimum atomic E-state index is -1.21. The Hall–Kier alpha value is -2.36. The highest BCUT2D eigenvalue weighted by molar-refractivity contribution is 5.87. The van der Waals surface area contributed by atoms with E-state index in [0.717, 1.165) is 5.56 Å². The van der Waals surface area contributed by atoms with Crippen LogP contribution in [-0.2, 0) is 0 Å². The van der Waals surface area contributed by atoms with Crippen LogP contribution in [0, 0.1) is 6.92 Å². The van der Waals surface area contributed by atoms with Crippen molar-refractivity contribution in [3.63, 3.8) is 0 Å². The van der Waals surface area contributed by atoms with Crippen molar-refractivity contribution in [1.82, 2.24) is 4.57 Å². The topological polar surface area (TPSA) is 59.3 Å². The largest absolute Gasteiger partial charge is 0.477 e. The molecule has 0 unspecified atom stereocenters. The summed E-state index contributed by atoms with van der Waals surface area (Å²) in [5, 5.41) is 8.95. The van der Waals surface area contributed by atoms with Crippen LogP contribution in [0.5, 0.6) is 0 Å². The average Bonchev–Trinajstić information content (AvgIpc) is 2.32. The first-order chi connectivity index (χ1) is 8.09. The van der Waals surface area contributed by atoms with E-state index in [1.54, 1.807) is 37.4 Å². The molecule has 1 heterocycles. The molecule has 2 aromatic rings. The molecule has 0 amide bonds. The van der Waals surface area contributed by atoms with Crippen LogP contribution in [0.2, 0.25) is 0 Å². The summed E-state index contributed by atoms with van der Waals surface area (Å²) in [5.41, 5.74) is 0.651. The number of carboxylic acid groups (broad SMARTS) is 1. The van der Waals surface area contributed by atoms with Gasteiger partial charge >= 0.3 is 5.97 Å². The highest BCUT2D eigenvalue weighted by Gasteiger charge is 2.12. The Morgan fingerprint density at radius 2 is 1.88 bits per heavy atom. The van der Waals surface area contributed by atoms with Crippen molar-refractivity contribution < 1.29 is 9.90 Å². The number of aryl methyl sites for hydroxylation is 1. The van der Waals surface area contributed by atoms with Gasteiger partial charge in [-0.3, -0.25) is 9.36 Å². The van der Waals surface area contributed by atoms with Gasteiger partial charge in [-0.15, -0.1) is 0 Å². The molecule has 0 aliphatic heterocycles. The molecule has 0 spiro atoms. The predicted molar refractivity (Wildman–Crippen MR) is 63.7 cm³/mol. The second-order valence-corrected chi connectivity index (χ2v) is 3.75. The molecule has 0 aliphatic rings. The van der Waals surface area contributed by atoms with Gasteiger partial charge in [0.05, 0.1) is 0 Å². The molecule has 0 radical (unpaired) electrons. The summed E-state index contributed by atoms with van der Waals surface area (Å²) in [6.45, 7) is 1.76. The summed E-state index contributed by atoms with van der Waals surface area (Å²) in [5.74, 6) is -1.21. The number of benzene rings is 1. The lowest BCUT2D eigenvalue weighted by Gasteiger charge is -2.07. The van der Waals surface area contributed by atoms with Crippen LogP contribution < -0.4 is 5.56 Å². The molecule has 0 bridgehead atoms. The number of aromatic nitrogens is 1. The zero-order chi connectivity index (χ0) is 12.4. The SMILES string of the molecule is Cc1cc(C(=O)O)c(=O)n(-c2ccccc2)c1. The van der Waals surface area contributed by atoms with Crippen molar-refractivity contribution in [2.24, 2.45) is 0 Å². The molecular weight excluding hydrogens is 218 g/mol. The van der Waals surface area contributed by atoms with E-state index in [1.807, 2.05) is 6.07 Å². The second kappa shape index (κ2) is 4.25. The summed E-state index contributed by atoms with van der Waals surface area (Å²) in [6, 6.07) is 10.3. The quantitative estimate of drug-likeness (QED) is 0.854. The maximum absolute atomic E-state index is 11.9. The van der Waals surface area contributed by atoms with Crippen molar-refractivity contribution in [3.8, 4) is 5.69 Å². The van der Waals surface area contributed by atoms with Crippen molar-refractivity contribution in [1.29, 1.82) is 0 Å². The maximum atomic E-state index is 11.9. The van der Waals surface area contributed by atoms with Gasteiger partial charge in [-0.1, -0.05) is 18.2 Å². The normalized spacial score (nSPS) is 10.2. The van der Waals surface area contributed by atoms with Crippen LogP contribution >= 0.6 is 0 Å². The summed E-state index contributed by atoms with van der Waals surface area (Å²) < 4.78 is 1.35. The van der Waals surface area contributed by atoms with Gasteiger partial charge in [0.15, 0.2) is 0 Å². The first kappa shape index (κ1) is 11.1. The fourth-order valence-corrected chi connectivity index (χ4v) is 1.65. The van der Waals surface area contributed by atoms with E-state index in [4.69, 9.17) is 5.11 Å². The third-order valence-corrected chi connectivity index (χ3v) is 2.42. The zero-order valence-corrected chi connectivity index (χ0v) is 9.25. The number of aromatic carboxylic acids is 1. The number of para-hydroxylation sites is 1. The first-order valence-corrected chi connectivity index (χ1v) is 5.11. The van der Waals surface area contributed by atoms with Crippen LogP contribution in [0.4, 0.5) is 0 Å². The molecule has 0 fully saturated rings. The minimum absolute atomic E-state index is 0.214. The molecule has 0 saturated carbocycles. The average molecular weight is 229 g/mol. The van der Waals surface area contributed by atoms with E-state index in [-0.39, 0.29) is 5.56 Å². The van der Waals surface area contributed by atoms with Gasteiger partial charge in [0.2, 0.25) is 0 Å². The Balaban J connectivity index is 2.72. The van der Waals surface area contributed by atoms with Gasteiger partial charge in [0.1, 0.15) is 5.56 Å². The smallest absolute Gasteiger partial charge is 0.341 e. The van der Waals surface area contributed by atoms with Crippen molar-refractivity contribution in [2.45, 2.75) is 6.92 Å². The molecule has 1 aromatic carbocycles. The summed E-state index contributed by atoms with van der Waals surface area (Å²) >= 11 is 0. The number of hydrogen-bond donors (Lipinski definition) is 1. The Morgan fingerprint density at radius 1 is 1.24 bits per heavy atom. The highest BCUT2D eigenvalue weighted by atomic mass is 16.4. The summed E-state index contributed by atoms with van der Waals surface area (Å²) in [7, 11) is 0. The standard InChI is InChI=1S/C13H11NO3/c1-9-7-11(13(16)17)12(15)14(8-9)10-5-3-2-4-6-10/h2-8H,1H3,(H,16,17). The Kier molecular flexibility index (Phi) is 2.78. The minimum Gasteiger partial charge on any atom is -0.477 e. The molecule has 86 valence electrons. The fraction of sp³-hybridized carbons (Fsp3) is 0.0769. The predicted octanol–water partition coefficient (Wildman–Crippen LogP) is 1.84. The molecule has 4 nitrogen and oxygen atoms in total. The molecule has 0 atom stereocenters. The number of pyridine rings is 1. The van der Waals surface area contributed by atoms with E-state index in [1.165, 1.54) is 10.6 Å². The molecule has 2 rings (SSSR count). The molecule has 1 aromatic heterocycles. The van der Waals surface area contributed by atoms with Gasteiger partial charge in [0, 0.05) is 11.9 Å². The third kappa shape index (κ3) is 2.10. The van der Waals surface area contributed by atoms with Gasteiger partial charge in [-0.2, -0.15) is 0 Å². The van der Waals surface area contributed by atoms with Gasteiger partial charge in [-0.05, 0) is 30.7 Å². The summed E-state index contributed by atoms with van der Waals surface area (Å²) in [4.78, 5) is 22.9. The number of nitrogens with zero attached hydrogens (tertiary/aromatic N) is 1. The monoisotopic (exact) mass is 229 g/mol. The fourth-order valence-electron chi connectivity index (χ4n) is 1.65. The van der Waals surface area contributed by atoms with Crippen LogP contribution in [0.1, 0.15) is 15.9 Å². The lowest BCUT2D eigenvalue weighted by Crippen LogP contribution is -2.25. The third-order valence-electron chi connectivity index (χ3n) is 2.42. The number of hydrogen-bond acceptors (Lipinski definition) is 2. The number of carbonyl (C=O) groups is 1. The maximum Gasteiger partial charge on any atom is 0.341 e. The van der Waals surface area contributed by atoms with E-state index in [9.17, 15) is 9.59 Å². The van der Waals surface area contributed by atoms with Gasteiger partial charge < -0.3 is 5.11 Å². The first-order valence-electron chi connectivity index (χ1n) is 5.11. The van der Waals surface area contributed by atoms with E-state index in [0.29, 0.717) is 5.69 Å². The molecule has 0 saturated heterocycles. The Morgan fingerprint density at radius 3 is 2.47 bits per heavy atom. The molecule has 4 heteroatoms. The number of rotatable bonds is 2. The number of carboxylic acids is 1. The van der Waals surface area contributed by atoms with Crippen LogP contribution in [-0.4, -0.2) is 15.6 Å². The Labute approximate surface area is 97.8 Å². The lowest BCUT2D eigenvalue weighted by molar-refractivity contribution is 0.0694. The summed E-state index contributed by atoms with van der Waals surface area (Å²) in [6.07, 6.45) is 1.63. The molecule has 17 heavy (non-hydrogen) atoms.